The number of benzene rings is 1. The third kappa shape index (κ3) is 4.48. The van der Waals surface area contributed by atoms with Crippen LogP contribution in [0.3, 0.4) is 0 Å². The van der Waals surface area contributed by atoms with Gasteiger partial charge in [0.05, 0.1) is 0 Å². The van der Waals surface area contributed by atoms with Gasteiger partial charge in [0, 0.05) is 13.5 Å². The van der Waals surface area contributed by atoms with Crippen LogP contribution in [-0.2, 0) is 11.3 Å². The van der Waals surface area contributed by atoms with Crippen LogP contribution in [0, 0.1) is 0 Å². The Bertz CT molecular complexity index is 343. The first kappa shape index (κ1) is 11.5. The lowest BCUT2D eigenvalue weighted by molar-refractivity contribution is -0.119. The first-order valence-electron chi connectivity index (χ1n) is 4.44. The van der Waals surface area contributed by atoms with Crippen LogP contribution in [0.25, 0.3) is 0 Å². The monoisotopic (exact) mass is 209 g/mol. The number of amides is 1. The zero-order valence-electron chi connectivity index (χ0n) is 8.30. The number of hydrogen-bond acceptors (Lipinski definition) is 4. The van der Waals surface area contributed by atoms with Crippen molar-refractivity contribution in [2.75, 3.05) is 0 Å². The second-order valence-corrected chi connectivity index (χ2v) is 3.00. The predicted octanol–water partition coefficient (Wildman–Crippen LogP) is -0.329. The quantitative estimate of drug-likeness (QED) is 0.593. The van der Waals surface area contributed by atoms with E-state index in [2.05, 4.69) is 9.97 Å². The molecule has 0 spiro atoms. The smallest absolute Gasteiger partial charge is 0.512 e. The molecular formula is C9H12BNO4. The van der Waals surface area contributed by atoms with E-state index in [1.54, 1.807) is 24.3 Å². The van der Waals surface area contributed by atoms with Gasteiger partial charge >= 0.3 is 7.32 Å². The fraction of sp³-hybridized carbons (Fsp3) is 0.222. The van der Waals surface area contributed by atoms with Crippen LogP contribution < -0.4 is 9.97 Å². The number of rotatable bonds is 4. The third-order valence-electron chi connectivity index (χ3n) is 1.68. The minimum Gasteiger partial charge on any atom is -0.512 e. The molecule has 0 heterocycles. The highest BCUT2D eigenvalue weighted by molar-refractivity contribution is 6.33. The first-order valence-corrected chi connectivity index (χ1v) is 4.44. The Kier molecular flexibility index (Phi) is 4.14. The van der Waals surface area contributed by atoms with E-state index in [1.807, 2.05) is 0 Å². The molecule has 0 aromatic heterocycles. The van der Waals surface area contributed by atoms with Crippen molar-refractivity contribution in [3.05, 3.63) is 29.8 Å². The molecule has 80 valence electrons. The normalized spacial score (nSPS) is 9.53. The maximum absolute atomic E-state index is 10.7. The van der Waals surface area contributed by atoms with Gasteiger partial charge in [-0.1, -0.05) is 12.1 Å². The largest absolute Gasteiger partial charge is 0.707 e. The molecule has 0 radical (unpaired) electrons. The van der Waals surface area contributed by atoms with Crippen molar-refractivity contribution in [2.24, 2.45) is 0 Å². The fourth-order valence-corrected chi connectivity index (χ4v) is 1.08. The highest BCUT2D eigenvalue weighted by Gasteiger charge is 2.10. The summed E-state index contributed by atoms with van der Waals surface area (Å²) in [5.74, 6) is 0.219. The summed E-state index contributed by atoms with van der Waals surface area (Å²) in [6.07, 6.45) is 0. The van der Waals surface area contributed by atoms with Gasteiger partial charge in [0.15, 0.2) is 0 Å². The van der Waals surface area contributed by atoms with Gasteiger partial charge in [-0.15, -0.1) is 0 Å². The van der Waals surface area contributed by atoms with E-state index >= 15 is 0 Å². The highest BCUT2D eigenvalue weighted by atomic mass is 16.6. The van der Waals surface area contributed by atoms with E-state index in [1.165, 1.54) is 6.92 Å². The van der Waals surface area contributed by atoms with Gasteiger partial charge in [-0.25, -0.2) is 0 Å². The maximum atomic E-state index is 10.7. The van der Waals surface area contributed by atoms with E-state index in [-0.39, 0.29) is 5.91 Å². The summed E-state index contributed by atoms with van der Waals surface area (Å²) in [4.78, 5) is 10.7. The van der Waals surface area contributed by atoms with Gasteiger partial charge in [-0.3, -0.25) is 4.79 Å². The molecule has 0 aliphatic carbocycles. The minimum atomic E-state index is -1.83. The lowest BCUT2D eigenvalue weighted by Crippen LogP contribution is -2.21. The van der Waals surface area contributed by atoms with Crippen LogP contribution in [0.2, 0.25) is 0 Å². The molecule has 3 N–H and O–H groups in total. The van der Waals surface area contributed by atoms with Gasteiger partial charge < -0.3 is 20.0 Å². The molecule has 0 atom stereocenters. The standard InChI is InChI=1S/C9H12BNO4/c1-7(12)11-6-8-3-2-4-9(5-8)15-10(13)14/h2-5,13-14H,6H2,1H3,(H,11,12). The van der Waals surface area contributed by atoms with E-state index in [0.717, 1.165) is 5.56 Å². The predicted molar refractivity (Wildman–Crippen MR) is 54.8 cm³/mol. The zero-order valence-corrected chi connectivity index (χ0v) is 8.30. The first-order chi connectivity index (χ1) is 7.08. The van der Waals surface area contributed by atoms with Crippen LogP contribution >= 0.6 is 0 Å². The lowest BCUT2D eigenvalue weighted by Gasteiger charge is -2.07. The number of nitrogens with one attached hydrogen (secondary N) is 1. The summed E-state index contributed by atoms with van der Waals surface area (Å²) in [5.41, 5.74) is 0.823. The second-order valence-electron chi connectivity index (χ2n) is 3.00. The molecule has 1 aromatic carbocycles. The third-order valence-corrected chi connectivity index (χ3v) is 1.68. The van der Waals surface area contributed by atoms with E-state index < -0.39 is 7.32 Å². The van der Waals surface area contributed by atoms with Crippen LogP contribution in [0.1, 0.15) is 12.5 Å². The van der Waals surface area contributed by atoms with Gasteiger partial charge in [0.25, 0.3) is 0 Å². The molecule has 0 saturated heterocycles. The molecule has 6 heteroatoms. The molecule has 1 amide bonds. The Morgan fingerprint density at radius 2 is 2.27 bits per heavy atom. The summed E-state index contributed by atoms with van der Waals surface area (Å²) in [7, 11) is -1.83. The summed E-state index contributed by atoms with van der Waals surface area (Å²) in [6.45, 7) is 1.81. The maximum Gasteiger partial charge on any atom is 0.707 e. The van der Waals surface area contributed by atoms with Crippen molar-refractivity contribution < 1.29 is 19.5 Å². The van der Waals surface area contributed by atoms with Crippen LogP contribution in [0.5, 0.6) is 5.75 Å². The van der Waals surface area contributed by atoms with Crippen molar-refractivity contribution in [3.8, 4) is 5.75 Å². The molecule has 1 aromatic rings. The molecule has 15 heavy (non-hydrogen) atoms. The van der Waals surface area contributed by atoms with Crippen LogP contribution in [0.4, 0.5) is 0 Å². The van der Waals surface area contributed by atoms with Crippen molar-refractivity contribution in [1.29, 1.82) is 0 Å². The Balaban J connectivity index is 2.61. The van der Waals surface area contributed by atoms with Crippen LogP contribution in [0.15, 0.2) is 24.3 Å². The molecule has 0 unspecified atom stereocenters. The average molecular weight is 209 g/mol. The molecule has 0 bridgehead atoms. The minimum absolute atomic E-state index is 0.122. The summed E-state index contributed by atoms with van der Waals surface area (Å²) < 4.78 is 4.66. The molecule has 0 aliphatic rings. The fourth-order valence-electron chi connectivity index (χ4n) is 1.08. The summed E-state index contributed by atoms with van der Waals surface area (Å²) >= 11 is 0. The second kappa shape index (κ2) is 5.38. The van der Waals surface area contributed by atoms with Crippen molar-refractivity contribution >= 4 is 13.2 Å². The van der Waals surface area contributed by atoms with E-state index in [4.69, 9.17) is 10.0 Å². The molecule has 0 aliphatic heterocycles. The Hall–Kier alpha value is -1.53. The van der Waals surface area contributed by atoms with Gasteiger partial charge in [0.1, 0.15) is 5.75 Å². The Morgan fingerprint density at radius 3 is 2.87 bits per heavy atom. The van der Waals surface area contributed by atoms with Gasteiger partial charge in [0.2, 0.25) is 5.91 Å². The number of hydrogen-bond donors (Lipinski definition) is 3. The van der Waals surface area contributed by atoms with Crippen molar-refractivity contribution in [2.45, 2.75) is 13.5 Å². The average Bonchev–Trinajstić information content (AvgIpc) is 2.14. The molecule has 1 rings (SSSR count). The molecule has 0 fully saturated rings. The molecule has 0 saturated carbocycles. The zero-order chi connectivity index (χ0) is 11.3. The summed E-state index contributed by atoms with van der Waals surface area (Å²) in [5, 5.41) is 19.8. The van der Waals surface area contributed by atoms with E-state index in [0.29, 0.717) is 12.3 Å². The van der Waals surface area contributed by atoms with E-state index in [9.17, 15) is 4.79 Å². The highest BCUT2D eigenvalue weighted by Crippen LogP contribution is 2.13. The van der Waals surface area contributed by atoms with Crippen molar-refractivity contribution in [1.82, 2.24) is 5.32 Å². The summed E-state index contributed by atoms with van der Waals surface area (Å²) in [6, 6.07) is 6.72. The number of carbonyl (C=O) groups excluding carboxylic acids is 1. The van der Waals surface area contributed by atoms with Gasteiger partial charge in [-0.05, 0) is 17.7 Å². The Labute approximate surface area is 87.9 Å². The molecular weight excluding hydrogens is 197 g/mol. The Morgan fingerprint density at radius 1 is 1.53 bits per heavy atom. The molecule has 5 nitrogen and oxygen atoms in total. The van der Waals surface area contributed by atoms with Crippen LogP contribution in [-0.4, -0.2) is 23.3 Å². The lowest BCUT2D eigenvalue weighted by atomic mass is 10.2. The topological polar surface area (TPSA) is 78.8 Å². The SMILES string of the molecule is CC(=O)NCc1cccc(OB(O)O)c1. The van der Waals surface area contributed by atoms with Gasteiger partial charge in [-0.2, -0.15) is 0 Å². The van der Waals surface area contributed by atoms with Crippen molar-refractivity contribution in [3.63, 3.8) is 0 Å². The number of carbonyl (C=O) groups is 1.